The van der Waals surface area contributed by atoms with E-state index in [9.17, 15) is 4.79 Å². The molecule has 0 spiro atoms. The van der Waals surface area contributed by atoms with Gasteiger partial charge in [0.25, 0.3) is 0 Å². The van der Waals surface area contributed by atoms with Gasteiger partial charge in [0, 0.05) is 12.1 Å². The quantitative estimate of drug-likeness (QED) is 0.822. The van der Waals surface area contributed by atoms with Crippen molar-refractivity contribution in [3.63, 3.8) is 0 Å². The fourth-order valence-corrected chi connectivity index (χ4v) is 3.40. The van der Waals surface area contributed by atoms with Crippen LogP contribution in [0.1, 0.15) is 52.9 Å². The molecule has 2 aliphatic heterocycles. The van der Waals surface area contributed by atoms with Gasteiger partial charge < -0.3 is 9.84 Å². The summed E-state index contributed by atoms with van der Waals surface area (Å²) in [7, 11) is 0. The van der Waals surface area contributed by atoms with Crippen LogP contribution in [0.2, 0.25) is 0 Å². The van der Waals surface area contributed by atoms with Crippen molar-refractivity contribution in [2.45, 2.75) is 64.5 Å². The molecule has 2 atom stereocenters. The zero-order valence-corrected chi connectivity index (χ0v) is 11.9. The van der Waals surface area contributed by atoms with E-state index in [4.69, 9.17) is 9.84 Å². The Kier molecular flexibility index (Phi) is 6.09. The molecule has 0 aliphatic carbocycles. The smallest absolute Gasteiger partial charge is 0.329 e. The molecule has 0 bridgehead atoms. The van der Waals surface area contributed by atoms with Gasteiger partial charge >= 0.3 is 5.97 Å². The van der Waals surface area contributed by atoms with Gasteiger partial charge in [-0.2, -0.15) is 0 Å². The summed E-state index contributed by atoms with van der Waals surface area (Å²) in [4.78, 5) is 13.0. The number of fused-ring (bicyclic) bond motifs is 1. The largest absolute Gasteiger partial charge is 0.480 e. The molecule has 0 saturated carbocycles. The second-order valence-electron chi connectivity index (χ2n) is 5.05. The van der Waals surface area contributed by atoms with E-state index in [1.807, 2.05) is 13.8 Å². The molecule has 18 heavy (non-hydrogen) atoms. The minimum absolute atomic E-state index is 0.128. The fourth-order valence-electron chi connectivity index (χ4n) is 3.40. The molecule has 2 fully saturated rings. The highest BCUT2D eigenvalue weighted by Gasteiger charge is 2.47. The Balaban J connectivity index is 0.000000771. The summed E-state index contributed by atoms with van der Waals surface area (Å²) in [6.45, 7) is 8.15. The van der Waals surface area contributed by atoms with E-state index in [2.05, 4.69) is 11.8 Å². The summed E-state index contributed by atoms with van der Waals surface area (Å²) in [6, 6.07) is 0. The maximum absolute atomic E-state index is 10.5. The van der Waals surface area contributed by atoms with Gasteiger partial charge in [-0.25, -0.2) is 4.79 Å². The lowest BCUT2D eigenvalue weighted by Crippen LogP contribution is -2.37. The lowest BCUT2D eigenvalue weighted by molar-refractivity contribution is -0.144. The van der Waals surface area contributed by atoms with E-state index < -0.39 is 5.97 Å². The predicted octanol–water partition coefficient (Wildman–Crippen LogP) is 2.52. The Hall–Kier alpha value is -0.610. The van der Waals surface area contributed by atoms with Crippen molar-refractivity contribution in [1.29, 1.82) is 0 Å². The second-order valence-corrected chi connectivity index (χ2v) is 5.05. The first-order chi connectivity index (χ1) is 8.66. The topological polar surface area (TPSA) is 49.8 Å². The van der Waals surface area contributed by atoms with Crippen LogP contribution in [-0.2, 0) is 9.53 Å². The van der Waals surface area contributed by atoms with Crippen molar-refractivity contribution in [3.8, 4) is 0 Å². The number of rotatable bonds is 5. The third-order valence-corrected chi connectivity index (χ3v) is 3.93. The summed E-state index contributed by atoms with van der Waals surface area (Å²) in [5, 5.41) is 8.61. The van der Waals surface area contributed by atoms with Crippen LogP contribution < -0.4 is 0 Å². The van der Waals surface area contributed by atoms with E-state index in [0.29, 0.717) is 5.54 Å². The molecule has 2 rings (SSSR count). The van der Waals surface area contributed by atoms with Crippen molar-refractivity contribution in [1.82, 2.24) is 4.90 Å². The SMILES string of the molecule is CC.CCCC12CCCN1CC(OCC(=O)O)C2. The minimum atomic E-state index is -0.864. The normalized spacial score (nSPS) is 30.7. The van der Waals surface area contributed by atoms with E-state index in [1.165, 1.54) is 25.7 Å². The maximum atomic E-state index is 10.5. The van der Waals surface area contributed by atoms with Crippen LogP contribution in [0.5, 0.6) is 0 Å². The van der Waals surface area contributed by atoms with Crippen molar-refractivity contribution < 1.29 is 14.6 Å². The van der Waals surface area contributed by atoms with Crippen LogP contribution in [0.25, 0.3) is 0 Å². The van der Waals surface area contributed by atoms with E-state index in [1.54, 1.807) is 0 Å². The third-order valence-electron chi connectivity index (χ3n) is 3.93. The number of carboxylic acid groups (broad SMARTS) is 1. The van der Waals surface area contributed by atoms with Crippen molar-refractivity contribution in [2.75, 3.05) is 19.7 Å². The molecule has 1 N–H and O–H groups in total. The maximum Gasteiger partial charge on any atom is 0.329 e. The highest BCUT2D eigenvalue weighted by molar-refractivity contribution is 5.68. The van der Waals surface area contributed by atoms with Gasteiger partial charge in [-0.1, -0.05) is 27.2 Å². The molecular weight excluding hydrogens is 230 g/mol. The second kappa shape index (κ2) is 7.10. The van der Waals surface area contributed by atoms with Gasteiger partial charge in [-0.05, 0) is 32.2 Å². The number of carbonyl (C=O) groups is 1. The Morgan fingerprint density at radius 1 is 1.50 bits per heavy atom. The Labute approximate surface area is 110 Å². The molecule has 106 valence electrons. The molecule has 2 heterocycles. The number of carboxylic acids is 1. The Bertz CT molecular complexity index is 270. The zero-order valence-electron chi connectivity index (χ0n) is 11.9. The fraction of sp³-hybridized carbons (Fsp3) is 0.929. The van der Waals surface area contributed by atoms with Gasteiger partial charge in [-0.15, -0.1) is 0 Å². The first-order valence-corrected chi connectivity index (χ1v) is 7.25. The zero-order chi connectivity index (χ0) is 13.6. The summed E-state index contributed by atoms with van der Waals surface area (Å²) in [5.74, 6) is -0.864. The first-order valence-electron chi connectivity index (χ1n) is 7.25. The summed E-state index contributed by atoms with van der Waals surface area (Å²) >= 11 is 0. The van der Waals surface area contributed by atoms with Crippen molar-refractivity contribution in [2.24, 2.45) is 0 Å². The molecule has 0 aromatic rings. The summed E-state index contributed by atoms with van der Waals surface area (Å²) in [6.07, 6.45) is 6.11. The van der Waals surface area contributed by atoms with E-state index in [-0.39, 0.29) is 12.7 Å². The van der Waals surface area contributed by atoms with Gasteiger partial charge in [0.15, 0.2) is 0 Å². The molecule has 2 saturated heterocycles. The monoisotopic (exact) mass is 257 g/mol. The molecule has 0 amide bonds. The first kappa shape index (κ1) is 15.4. The molecule has 0 aromatic heterocycles. The van der Waals surface area contributed by atoms with Gasteiger partial charge in [-0.3, -0.25) is 4.90 Å². The molecule has 4 heteroatoms. The molecule has 0 radical (unpaired) electrons. The molecule has 4 nitrogen and oxygen atoms in total. The lowest BCUT2D eigenvalue weighted by Gasteiger charge is -2.31. The van der Waals surface area contributed by atoms with Crippen LogP contribution in [-0.4, -0.2) is 47.3 Å². The van der Waals surface area contributed by atoms with E-state index in [0.717, 1.165) is 19.5 Å². The molecule has 2 unspecified atom stereocenters. The predicted molar refractivity (Wildman–Crippen MR) is 71.8 cm³/mol. The summed E-state index contributed by atoms with van der Waals surface area (Å²) in [5.41, 5.74) is 0.331. The number of nitrogens with zero attached hydrogens (tertiary/aromatic N) is 1. The van der Waals surface area contributed by atoms with Gasteiger partial charge in [0.2, 0.25) is 0 Å². The highest BCUT2D eigenvalue weighted by Crippen LogP contribution is 2.42. The average Bonchev–Trinajstić information content (AvgIpc) is 2.85. The Morgan fingerprint density at radius 3 is 2.83 bits per heavy atom. The number of aliphatic carboxylic acids is 1. The van der Waals surface area contributed by atoms with Gasteiger partial charge in [0.05, 0.1) is 6.10 Å². The standard InChI is InChI=1S/C12H21NO3.C2H6/c1-2-4-12-5-3-6-13(12)8-10(7-12)16-9-11(14)15;1-2/h10H,2-9H2,1H3,(H,14,15);1-2H3. The lowest BCUT2D eigenvalue weighted by atomic mass is 9.88. The third kappa shape index (κ3) is 3.45. The van der Waals surface area contributed by atoms with E-state index >= 15 is 0 Å². The number of hydrogen-bond acceptors (Lipinski definition) is 3. The van der Waals surface area contributed by atoms with Crippen LogP contribution >= 0.6 is 0 Å². The van der Waals surface area contributed by atoms with Crippen LogP contribution in [0.3, 0.4) is 0 Å². The number of hydrogen-bond donors (Lipinski definition) is 1. The molecule has 0 aromatic carbocycles. The van der Waals surface area contributed by atoms with Gasteiger partial charge in [0.1, 0.15) is 6.61 Å². The van der Waals surface area contributed by atoms with Crippen LogP contribution in [0.4, 0.5) is 0 Å². The minimum Gasteiger partial charge on any atom is -0.480 e. The van der Waals surface area contributed by atoms with Crippen LogP contribution in [0, 0.1) is 0 Å². The molecule has 2 aliphatic rings. The van der Waals surface area contributed by atoms with Crippen molar-refractivity contribution >= 4 is 5.97 Å². The molecular formula is C14H27NO3. The van der Waals surface area contributed by atoms with Crippen LogP contribution in [0.15, 0.2) is 0 Å². The number of ether oxygens (including phenoxy) is 1. The highest BCUT2D eigenvalue weighted by atomic mass is 16.5. The summed E-state index contributed by atoms with van der Waals surface area (Å²) < 4.78 is 5.43. The average molecular weight is 257 g/mol. The van der Waals surface area contributed by atoms with Crippen molar-refractivity contribution in [3.05, 3.63) is 0 Å². The Morgan fingerprint density at radius 2 is 2.22 bits per heavy atom.